The molecule has 0 aromatic carbocycles. The molecule has 0 spiro atoms. The van der Waals surface area contributed by atoms with Gasteiger partial charge in [-0.15, -0.1) is 0 Å². The van der Waals surface area contributed by atoms with Crippen LogP contribution in [0.2, 0.25) is 0 Å². The van der Waals surface area contributed by atoms with Crippen molar-refractivity contribution >= 4 is 5.78 Å². The molecule has 1 aliphatic carbocycles. The molecule has 92 valence electrons. The summed E-state index contributed by atoms with van der Waals surface area (Å²) in [4.78, 5) is 19.6. The minimum Gasteiger partial charge on any atom is -0.393 e. The van der Waals surface area contributed by atoms with Crippen molar-refractivity contribution in [2.45, 2.75) is 37.8 Å². The first kappa shape index (κ1) is 12.1. The maximum atomic E-state index is 11.7. The van der Waals surface area contributed by atoms with Gasteiger partial charge in [0, 0.05) is 18.4 Å². The fourth-order valence-corrected chi connectivity index (χ4v) is 2.05. The number of hydrogen-bond donors (Lipinski definition) is 2. The molecule has 1 aromatic heterocycles. The molecule has 5 nitrogen and oxygen atoms in total. The lowest BCUT2D eigenvalue weighted by atomic mass is 9.93. The van der Waals surface area contributed by atoms with Crippen molar-refractivity contribution in [3.63, 3.8) is 0 Å². The zero-order valence-corrected chi connectivity index (χ0v) is 9.67. The van der Waals surface area contributed by atoms with Gasteiger partial charge >= 0.3 is 0 Å². The van der Waals surface area contributed by atoms with E-state index in [4.69, 9.17) is 0 Å². The van der Waals surface area contributed by atoms with Gasteiger partial charge < -0.3 is 10.4 Å². The minimum atomic E-state index is -0.163. The molecule has 0 atom stereocenters. The van der Waals surface area contributed by atoms with Gasteiger partial charge in [-0.25, -0.2) is 4.98 Å². The number of aliphatic hydroxyl groups is 1. The summed E-state index contributed by atoms with van der Waals surface area (Å²) in [6, 6.07) is 0.332. The monoisotopic (exact) mass is 235 g/mol. The van der Waals surface area contributed by atoms with Crippen LogP contribution in [0.1, 0.15) is 36.2 Å². The average Bonchev–Trinajstić information content (AvgIpc) is 2.39. The number of rotatable bonds is 4. The third-order valence-electron chi connectivity index (χ3n) is 3.10. The number of carbonyl (C=O) groups excluding carboxylic acids is 1. The summed E-state index contributed by atoms with van der Waals surface area (Å²) in [5, 5.41) is 12.6. The molecule has 1 aromatic rings. The lowest BCUT2D eigenvalue weighted by molar-refractivity contribution is 0.0960. The van der Waals surface area contributed by atoms with Crippen molar-refractivity contribution in [3.05, 3.63) is 24.3 Å². The predicted molar refractivity (Wildman–Crippen MR) is 62.6 cm³/mol. The molecule has 5 heteroatoms. The van der Waals surface area contributed by atoms with Crippen molar-refractivity contribution in [1.29, 1.82) is 0 Å². The Balaban J connectivity index is 1.77. The van der Waals surface area contributed by atoms with Crippen LogP contribution in [0, 0.1) is 0 Å². The van der Waals surface area contributed by atoms with Crippen LogP contribution >= 0.6 is 0 Å². The lowest BCUT2D eigenvalue weighted by Gasteiger charge is -2.25. The van der Waals surface area contributed by atoms with Gasteiger partial charge in [0.25, 0.3) is 0 Å². The Kier molecular flexibility index (Phi) is 4.17. The van der Waals surface area contributed by atoms with Gasteiger partial charge in [0.1, 0.15) is 5.69 Å². The summed E-state index contributed by atoms with van der Waals surface area (Å²) in [5.41, 5.74) is 0.399. The fourth-order valence-electron chi connectivity index (χ4n) is 2.05. The van der Waals surface area contributed by atoms with Gasteiger partial charge in [0.2, 0.25) is 0 Å². The maximum absolute atomic E-state index is 11.7. The van der Waals surface area contributed by atoms with Crippen molar-refractivity contribution in [2.24, 2.45) is 0 Å². The summed E-state index contributed by atoms with van der Waals surface area (Å²) in [5.74, 6) is -0.0378. The standard InChI is InChI=1S/C12H17N3O2/c16-10-3-1-9(2-4-10)15-8-12(17)11-7-13-5-6-14-11/h5-7,9-10,15-16H,1-4,8H2. The van der Waals surface area contributed by atoms with E-state index in [2.05, 4.69) is 15.3 Å². The van der Waals surface area contributed by atoms with E-state index in [1.54, 1.807) is 6.20 Å². The second-order valence-electron chi connectivity index (χ2n) is 4.40. The Bertz CT molecular complexity index is 361. The van der Waals surface area contributed by atoms with E-state index < -0.39 is 0 Å². The van der Waals surface area contributed by atoms with Crippen molar-refractivity contribution in [2.75, 3.05) is 6.54 Å². The molecule has 1 heterocycles. The van der Waals surface area contributed by atoms with Crippen molar-refractivity contribution in [3.8, 4) is 0 Å². The first-order valence-electron chi connectivity index (χ1n) is 5.96. The second kappa shape index (κ2) is 5.84. The van der Waals surface area contributed by atoms with Crippen LogP contribution in [0.3, 0.4) is 0 Å². The number of carbonyl (C=O) groups is 1. The van der Waals surface area contributed by atoms with E-state index in [9.17, 15) is 9.90 Å². The number of aliphatic hydroxyl groups excluding tert-OH is 1. The third-order valence-corrected chi connectivity index (χ3v) is 3.10. The zero-order valence-electron chi connectivity index (χ0n) is 9.67. The van der Waals surface area contributed by atoms with Gasteiger partial charge in [-0.1, -0.05) is 0 Å². The Morgan fingerprint density at radius 2 is 2.12 bits per heavy atom. The molecular formula is C12H17N3O2. The minimum absolute atomic E-state index is 0.0378. The first-order chi connectivity index (χ1) is 8.25. The van der Waals surface area contributed by atoms with Crippen LogP contribution in [-0.4, -0.2) is 39.5 Å². The third kappa shape index (κ3) is 3.57. The molecule has 1 saturated carbocycles. The van der Waals surface area contributed by atoms with E-state index >= 15 is 0 Å². The van der Waals surface area contributed by atoms with Gasteiger partial charge in [0.15, 0.2) is 5.78 Å². The maximum Gasteiger partial charge on any atom is 0.196 e. The molecule has 0 unspecified atom stereocenters. The van der Waals surface area contributed by atoms with E-state index in [1.165, 1.54) is 12.4 Å². The number of ketones is 1. The highest BCUT2D eigenvalue weighted by Gasteiger charge is 2.19. The molecule has 0 bridgehead atoms. The van der Waals surface area contributed by atoms with Crippen LogP contribution in [0.15, 0.2) is 18.6 Å². The van der Waals surface area contributed by atoms with E-state index in [0.717, 1.165) is 25.7 Å². The van der Waals surface area contributed by atoms with Gasteiger partial charge in [0.05, 0.1) is 18.8 Å². The van der Waals surface area contributed by atoms with Crippen LogP contribution in [-0.2, 0) is 0 Å². The molecule has 2 N–H and O–H groups in total. The molecule has 0 radical (unpaired) electrons. The van der Waals surface area contributed by atoms with Gasteiger partial charge in [-0.2, -0.15) is 0 Å². The van der Waals surface area contributed by atoms with Gasteiger partial charge in [-0.3, -0.25) is 9.78 Å². The Morgan fingerprint density at radius 3 is 2.76 bits per heavy atom. The van der Waals surface area contributed by atoms with Crippen LogP contribution in [0.25, 0.3) is 0 Å². The van der Waals surface area contributed by atoms with Crippen molar-refractivity contribution in [1.82, 2.24) is 15.3 Å². The number of aromatic nitrogens is 2. The SMILES string of the molecule is O=C(CNC1CCC(O)CC1)c1cnccn1. The molecular weight excluding hydrogens is 218 g/mol. The summed E-state index contributed by atoms with van der Waals surface area (Å²) in [6.45, 7) is 0.291. The topological polar surface area (TPSA) is 75.1 Å². The van der Waals surface area contributed by atoms with Crippen LogP contribution in [0.5, 0.6) is 0 Å². The average molecular weight is 235 g/mol. The number of nitrogens with zero attached hydrogens (tertiary/aromatic N) is 2. The zero-order chi connectivity index (χ0) is 12.1. The molecule has 0 amide bonds. The highest BCUT2D eigenvalue weighted by atomic mass is 16.3. The Hall–Kier alpha value is -1.33. The molecule has 1 aliphatic rings. The smallest absolute Gasteiger partial charge is 0.196 e. The number of nitrogens with one attached hydrogen (secondary N) is 1. The fraction of sp³-hybridized carbons (Fsp3) is 0.583. The molecule has 0 saturated heterocycles. The molecule has 17 heavy (non-hydrogen) atoms. The highest BCUT2D eigenvalue weighted by Crippen LogP contribution is 2.18. The normalized spacial score (nSPS) is 24.5. The summed E-state index contributed by atoms with van der Waals surface area (Å²) in [6.07, 6.45) is 7.87. The predicted octanol–water partition coefficient (Wildman–Crippen LogP) is 0.552. The number of Topliss-reactive ketones (excluding diaryl/α,β-unsaturated/α-hetero) is 1. The summed E-state index contributed by atoms with van der Waals surface area (Å²) in [7, 11) is 0. The first-order valence-corrected chi connectivity index (χ1v) is 5.96. The second-order valence-corrected chi connectivity index (χ2v) is 4.40. The van der Waals surface area contributed by atoms with Crippen LogP contribution < -0.4 is 5.32 Å². The highest BCUT2D eigenvalue weighted by molar-refractivity contribution is 5.95. The largest absolute Gasteiger partial charge is 0.393 e. The Morgan fingerprint density at radius 1 is 1.35 bits per heavy atom. The van der Waals surface area contributed by atoms with Crippen LogP contribution in [0.4, 0.5) is 0 Å². The van der Waals surface area contributed by atoms with E-state index in [0.29, 0.717) is 18.3 Å². The Labute approximate surface area is 100 Å². The quantitative estimate of drug-likeness (QED) is 0.745. The van der Waals surface area contributed by atoms with E-state index in [1.807, 2.05) is 0 Å². The summed E-state index contributed by atoms with van der Waals surface area (Å²) < 4.78 is 0. The molecule has 0 aliphatic heterocycles. The van der Waals surface area contributed by atoms with E-state index in [-0.39, 0.29) is 11.9 Å². The summed E-state index contributed by atoms with van der Waals surface area (Å²) >= 11 is 0. The van der Waals surface area contributed by atoms with Gasteiger partial charge in [-0.05, 0) is 25.7 Å². The molecule has 2 rings (SSSR count). The lowest BCUT2D eigenvalue weighted by Crippen LogP contribution is -2.37. The number of hydrogen-bond acceptors (Lipinski definition) is 5. The molecule has 1 fully saturated rings. The van der Waals surface area contributed by atoms with Crippen molar-refractivity contribution < 1.29 is 9.90 Å².